The smallest absolute Gasteiger partial charge is 0.185 e. The fourth-order valence-corrected chi connectivity index (χ4v) is 2.73. The summed E-state index contributed by atoms with van der Waals surface area (Å²) in [4.78, 5) is 2.80. The summed E-state index contributed by atoms with van der Waals surface area (Å²) in [7, 11) is -2.16. The van der Waals surface area contributed by atoms with Crippen LogP contribution >= 0.6 is 0 Å². The van der Waals surface area contributed by atoms with Gasteiger partial charge in [0.25, 0.3) is 0 Å². The highest BCUT2D eigenvalue weighted by molar-refractivity contribution is 7.91. The topological polar surface area (TPSA) is 92.1 Å². The minimum absolute atomic E-state index is 0.136. The highest BCUT2D eigenvalue weighted by Crippen LogP contribution is 2.16. The number of benzene rings is 1. The van der Waals surface area contributed by atoms with Crippen molar-refractivity contribution in [3.8, 4) is 0 Å². The Bertz CT molecular complexity index is 587. The maximum Gasteiger partial charge on any atom is 0.185 e. The van der Waals surface area contributed by atoms with Gasteiger partial charge in [0.2, 0.25) is 0 Å². The first-order valence-corrected chi connectivity index (χ1v) is 6.73. The van der Waals surface area contributed by atoms with Crippen molar-refractivity contribution in [2.24, 2.45) is 5.11 Å². The van der Waals surface area contributed by atoms with Gasteiger partial charge >= 0.3 is 0 Å². The number of sulfone groups is 1. The van der Waals surface area contributed by atoms with Crippen molar-refractivity contribution in [3.05, 3.63) is 52.2 Å². The summed E-state index contributed by atoms with van der Waals surface area (Å²) in [5, 5.41) is 3.34. The third-order valence-corrected chi connectivity index (χ3v) is 3.90. The van der Waals surface area contributed by atoms with Crippen LogP contribution in [-0.4, -0.2) is 21.3 Å². The fraction of sp³-hybridized carbons (Fsp3) is 0.273. The van der Waals surface area contributed by atoms with Crippen LogP contribution in [0.25, 0.3) is 10.4 Å². The maximum atomic E-state index is 12.1. The van der Waals surface area contributed by atoms with Crippen LogP contribution in [0.3, 0.4) is 0 Å². The number of hydrogen-bond acceptors (Lipinski definition) is 4. The Morgan fingerprint density at radius 1 is 1.39 bits per heavy atom. The zero-order valence-electron chi connectivity index (χ0n) is 10.1. The molecule has 1 aromatic carbocycles. The summed E-state index contributed by atoms with van der Waals surface area (Å²) >= 11 is 0. The molecular weight excluding hydrogens is 254 g/mol. The van der Waals surface area contributed by atoms with E-state index in [0.717, 1.165) is 0 Å². The summed E-state index contributed by atoms with van der Waals surface area (Å²) in [6.07, 6.45) is 0. The van der Waals surface area contributed by atoms with E-state index in [0.29, 0.717) is 0 Å². The lowest BCUT2D eigenvalue weighted by Crippen LogP contribution is -2.11. The molecule has 1 aromatic rings. The number of hydrogen-bond donors (Lipinski definition) is 0. The molecular formula is C11H13N3O3S. The second-order valence-electron chi connectivity index (χ2n) is 3.47. The van der Waals surface area contributed by atoms with E-state index >= 15 is 0 Å². The van der Waals surface area contributed by atoms with E-state index in [1.165, 1.54) is 26.2 Å². The van der Waals surface area contributed by atoms with E-state index in [9.17, 15) is 8.42 Å². The van der Waals surface area contributed by atoms with Gasteiger partial charge < -0.3 is 4.74 Å². The number of rotatable bonds is 5. The molecule has 0 saturated heterocycles. The zero-order valence-corrected chi connectivity index (χ0v) is 10.9. The van der Waals surface area contributed by atoms with Crippen LogP contribution in [-0.2, 0) is 14.6 Å². The molecule has 0 atom stereocenters. The summed E-state index contributed by atoms with van der Waals surface area (Å²) in [6, 6.07) is 8.03. The lowest BCUT2D eigenvalue weighted by molar-refractivity contribution is 0.289. The van der Waals surface area contributed by atoms with Crippen molar-refractivity contribution in [2.45, 2.75) is 11.8 Å². The van der Waals surface area contributed by atoms with Crippen LogP contribution in [0.1, 0.15) is 6.92 Å². The van der Waals surface area contributed by atoms with Crippen molar-refractivity contribution >= 4 is 9.84 Å². The molecule has 0 amide bonds. The molecule has 96 valence electrons. The molecule has 7 heteroatoms. The lowest BCUT2D eigenvalue weighted by Gasteiger charge is -2.09. The molecule has 0 unspecified atom stereocenters. The molecule has 0 aliphatic heterocycles. The summed E-state index contributed by atoms with van der Waals surface area (Å²) in [6.45, 7) is 1.50. The molecule has 6 nitrogen and oxygen atoms in total. The van der Waals surface area contributed by atoms with Crippen LogP contribution in [0.15, 0.2) is 51.8 Å². The highest BCUT2D eigenvalue weighted by Gasteiger charge is 2.18. The first kappa shape index (κ1) is 14.1. The SMILES string of the molecule is CO/C(CS(=O)(=O)c1ccccc1)=C(\C)N=[N+]=[N-]. The van der Waals surface area contributed by atoms with Gasteiger partial charge in [0.15, 0.2) is 9.84 Å². The van der Waals surface area contributed by atoms with Gasteiger partial charge in [-0.3, -0.25) is 0 Å². The van der Waals surface area contributed by atoms with E-state index in [2.05, 4.69) is 10.0 Å². The van der Waals surface area contributed by atoms with E-state index < -0.39 is 9.84 Å². The Hall–Kier alpha value is -1.98. The fourth-order valence-electron chi connectivity index (χ4n) is 1.32. The summed E-state index contributed by atoms with van der Waals surface area (Å²) in [5.41, 5.74) is 8.52. The van der Waals surface area contributed by atoms with Crippen LogP contribution in [0.4, 0.5) is 0 Å². The highest BCUT2D eigenvalue weighted by atomic mass is 32.2. The van der Waals surface area contributed by atoms with E-state index in [4.69, 9.17) is 10.3 Å². The standard InChI is InChI=1S/C11H13N3O3S/c1-9(13-14-12)11(17-2)8-18(15,16)10-6-4-3-5-7-10/h3-7H,8H2,1-2H3/b11-9+. The Morgan fingerprint density at radius 3 is 2.50 bits per heavy atom. The van der Waals surface area contributed by atoms with Gasteiger partial charge in [-0.2, -0.15) is 0 Å². The normalized spacial score (nSPS) is 12.3. The van der Waals surface area contributed by atoms with Gasteiger partial charge in [-0.15, -0.1) is 0 Å². The summed E-state index contributed by atoms with van der Waals surface area (Å²) < 4.78 is 29.1. The number of ether oxygens (including phenoxy) is 1. The predicted octanol–water partition coefficient (Wildman–Crippen LogP) is 2.65. The average molecular weight is 267 g/mol. The predicted molar refractivity (Wildman–Crippen MR) is 67.3 cm³/mol. The molecule has 0 heterocycles. The Labute approximate surface area is 105 Å². The van der Waals surface area contributed by atoms with Crippen molar-refractivity contribution in [1.29, 1.82) is 0 Å². The summed E-state index contributed by atoms with van der Waals surface area (Å²) in [5.74, 6) is -0.199. The average Bonchev–Trinajstić information content (AvgIpc) is 2.37. The second kappa shape index (κ2) is 6.09. The van der Waals surface area contributed by atoms with Crippen molar-refractivity contribution < 1.29 is 13.2 Å². The van der Waals surface area contributed by atoms with Gasteiger partial charge in [0.1, 0.15) is 11.5 Å². The molecule has 0 aliphatic rings. The quantitative estimate of drug-likeness (QED) is 0.355. The van der Waals surface area contributed by atoms with Crippen LogP contribution in [0, 0.1) is 0 Å². The molecule has 0 N–H and O–H groups in total. The van der Waals surface area contributed by atoms with Crippen molar-refractivity contribution in [1.82, 2.24) is 0 Å². The largest absolute Gasteiger partial charge is 0.500 e. The number of nitrogens with zero attached hydrogens (tertiary/aromatic N) is 3. The van der Waals surface area contributed by atoms with Crippen LogP contribution in [0.5, 0.6) is 0 Å². The lowest BCUT2D eigenvalue weighted by atomic mass is 10.4. The second-order valence-corrected chi connectivity index (χ2v) is 5.46. The molecule has 0 fully saturated rings. The van der Waals surface area contributed by atoms with E-state index in [1.54, 1.807) is 18.2 Å². The van der Waals surface area contributed by atoms with Crippen LogP contribution < -0.4 is 0 Å². The molecule has 0 bridgehead atoms. The van der Waals surface area contributed by atoms with Gasteiger partial charge in [0, 0.05) is 4.91 Å². The van der Waals surface area contributed by atoms with Crippen molar-refractivity contribution in [3.63, 3.8) is 0 Å². The van der Waals surface area contributed by atoms with E-state index in [1.807, 2.05) is 0 Å². The molecule has 1 rings (SSSR count). The Balaban J connectivity index is 3.10. The molecule has 0 saturated carbocycles. The molecule has 0 aliphatic carbocycles. The van der Waals surface area contributed by atoms with Gasteiger partial charge in [-0.25, -0.2) is 8.42 Å². The first-order valence-electron chi connectivity index (χ1n) is 5.08. The molecule has 0 aromatic heterocycles. The third-order valence-electron chi connectivity index (χ3n) is 2.27. The molecule has 18 heavy (non-hydrogen) atoms. The van der Waals surface area contributed by atoms with Crippen LogP contribution in [0.2, 0.25) is 0 Å². The van der Waals surface area contributed by atoms with Gasteiger partial charge in [-0.05, 0) is 24.6 Å². The monoisotopic (exact) mass is 267 g/mol. The minimum Gasteiger partial charge on any atom is -0.500 e. The molecule has 0 spiro atoms. The first-order chi connectivity index (χ1) is 8.51. The third kappa shape index (κ3) is 3.51. The minimum atomic E-state index is -3.50. The zero-order chi connectivity index (χ0) is 13.6. The number of methoxy groups -OCH3 is 1. The number of azide groups is 1. The Kier molecular flexibility index (Phi) is 4.76. The maximum absolute atomic E-state index is 12.1. The van der Waals surface area contributed by atoms with Crippen molar-refractivity contribution in [2.75, 3.05) is 12.9 Å². The Morgan fingerprint density at radius 2 is 2.00 bits per heavy atom. The number of allylic oxidation sites excluding steroid dienone is 1. The van der Waals surface area contributed by atoms with Gasteiger partial charge in [0.05, 0.1) is 17.7 Å². The molecule has 0 radical (unpaired) electrons. The van der Waals surface area contributed by atoms with Gasteiger partial charge in [-0.1, -0.05) is 23.3 Å². The van der Waals surface area contributed by atoms with E-state index in [-0.39, 0.29) is 22.1 Å².